The summed E-state index contributed by atoms with van der Waals surface area (Å²) in [7, 11) is 0. The number of aromatic nitrogens is 6. The Bertz CT molecular complexity index is 6970. The highest BCUT2D eigenvalue weighted by Crippen LogP contribution is 2.42. The van der Waals surface area contributed by atoms with Crippen molar-refractivity contribution in [3.63, 3.8) is 0 Å². The summed E-state index contributed by atoms with van der Waals surface area (Å²) in [4.78, 5) is 29.5. The Hall–Kier alpha value is -15.0. The Labute approximate surface area is 648 Å². The fourth-order valence-electron chi connectivity index (χ4n) is 16.1. The molecule has 0 amide bonds. The standard InChI is InChI=1S/C55H35N3.C51H33N3/c1-2-15-45-37(10-1)11-8-20-46(45)38-23-25-39(26-24-38)53-34-54(43-13-7-12-41(32-43)44-14-9-31-56-35-44)58-55(57-53)40-27-21-36(22-28-40)42-29-30-51-49-18-4-3-16-47(49)48-17-5-6-19-50(48)52(51)33-42;1-2-11-34(12-3-1)37-13-8-15-40(29-37)49-32-50(41-16-9-14-38(30-41)42-17-10-28-52-33-42)54-51(53-49)36-24-22-35(23-25-36)39-26-27-47-45-20-5-4-18-43(45)44-19-6-7-21-46(44)48(47)31-39/h1-35H;1-33H. The van der Waals surface area contributed by atoms with Crippen LogP contribution in [0.25, 0.3) is 210 Å². The van der Waals surface area contributed by atoms with Gasteiger partial charge in [-0.1, -0.05) is 334 Å². The quantitative estimate of drug-likeness (QED) is 0.113. The maximum Gasteiger partial charge on any atom is 0.160 e. The zero-order chi connectivity index (χ0) is 74.3. The van der Waals surface area contributed by atoms with E-state index in [1.807, 2.05) is 30.6 Å². The number of hydrogen-bond donors (Lipinski definition) is 0. The van der Waals surface area contributed by atoms with Crippen molar-refractivity contribution in [3.8, 4) is 135 Å². The summed E-state index contributed by atoms with van der Waals surface area (Å²) in [5.41, 5.74) is 23.2. The van der Waals surface area contributed by atoms with Crippen molar-refractivity contribution in [1.29, 1.82) is 0 Å². The van der Waals surface area contributed by atoms with E-state index >= 15 is 0 Å². The highest BCUT2D eigenvalue weighted by Gasteiger charge is 2.19. The highest BCUT2D eigenvalue weighted by atomic mass is 14.9. The molecule has 6 heteroatoms. The monoisotopic (exact) mass is 1420 g/mol. The first-order valence-electron chi connectivity index (χ1n) is 37.9. The molecule has 0 aliphatic heterocycles. The van der Waals surface area contributed by atoms with Gasteiger partial charge in [0.2, 0.25) is 0 Å². The van der Waals surface area contributed by atoms with Crippen molar-refractivity contribution in [2.45, 2.75) is 0 Å². The minimum atomic E-state index is 0.680. The van der Waals surface area contributed by atoms with E-state index in [0.29, 0.717) is 11.6 Å². The first-order valence-corrected chi connectivity index (χ1v) is 37.9. The first kappa shape index (κ1) is 66.5. The van der Waals surface area contributed by atoms with Crippen molar-refractivity contribution < 1.29 is 0 Å². The van der Waals surface area contributed by atoms with Gasteiger partial charge in [0.05, 0.1) is 22.8 Å². The number of rotatable bonds is 12. The van der Waals surface area contributed by atoms with Gasteiger partial charge in [-0.3, -0.25) is 9.97 Å². The molecule has 0 aliphatic carbocycles. The minimum absolute atomic E-state index is 0.680. The predicted octanol–water partition coefficient (Wildman–Crippen LogP) is 27.8. The van der Waals surface area contributed by atoms with Crippen LogP contribution in [-0.2, 0) is 0 Å². The summed E-state index contributed by atoms with van der Waals surface area (Å²) in [6, 6.07) is 138. The smallest absolute Gasteiger partial charge is 0.160 e. The molecule has 0 radical (unpaired) electrons. The zero-order valence-corrected chi connectivity index (χ0v) is 60.9. The van der Waals surface area contributed by atoms with Gasteiger partial charge in [0.1, 0.15) is 0 Å². The molecule has 17 aromatic carbocycles. The van der Waals surface area contributed by atoms with Crippen molar-refractivity contribution in [2.24, 2.45) is 0 Å². The largest absolute Gasteiger partial charge is 0.264 e. The van der Waals surface area contributed by atoms with Crippen LogP contribution < -0.4 is 0 Å². The highest BCUT2D eigenvalue weighted by molar-refractivity contribution is 6.27. The van der Waals surface area contributed by atoms with Crippen molar-refractivity contribution in [3.05, 3.63) is 413 Å². The molecule has 0 N–H and O–H groups in total. The van der Waals surface area contributed by atoms with E-state index < -0.39 is 0 Å². The SMILES string of the molecule is c1ccc(-c2cccc(-c3cc(-c4cccc(-c5cccnc5)c4)nc(-c4ccc(-c5ccc6c7ccccc7c7ccccc7c6c5)cc4)n3)c2)cc1.c1cncc(-c2cccc(-c3cc(-c4ccc(-c5cccc6ccccc56)cc4)nc(-c4ccc(-c5ccc6c7ccccc7c7ccccc7c6c5)cc4)n3)c2)c1. The molecule has 522 valence electrons. The van der Waals surface area contributed by atoms with Gasteiger partial charge in [0.15, 0.2) is 11.6 Å². The van der Waals surface area contributed by atoms with Crippen molar-refractivity contribution in [1.82, 2.24) is 29.9 Å². The van der Waals surface area contributed by atoms with Crippen LogP contribution in [0.3, 0.4) is 0 Å². The molecule has 21 aromatic rings. The molecule has 4 heterocycles. The third-order valence-corrected chi connectivity index (χ3v) is 21.7. The van der Waals surface area contributed by atoms with Gasteiger partial charge in [-0.25, -0.2) is 19.9 Å². The summed E-state index contributed by atoms with van der Waals surface area (Å²) in [5.74, 6) is 1.36. The van der Waals surface area contributed by atoms with Crippen LogP contribution in [0.1, 0.15) is 0 Å². The summed E-state index contributed by atoms with van der Waals surface area (Å²) >= 11 is 0. The van der Waals surface area contributed by atoms with E-state index in [-0.39, 0.29) is 0 Å². The summed E-state index contributed by atoms with van der Waals surface area (Å²) in [6.07, 6.45) is 7.40. The lowest BCUT2D eigenvalue weighted by Gasteiger charge is -2.13. The Morgan fingerprint density at radius 3 is 0.839 bits per heavy atom. The van der Waals surface area contributed by atoms with Gasteiger partial charge in [-0.2, -0.15) is 0 Å². The number of fused-ring (bicyclic) bond motifs is 13. The maximum absolute atomic E-state index is 5.22. The molecule has 0 unspecified atom stereocenters. The molecule has 0 bridgehead atoms. The number of pyridine rings is 2. The topological polar surface area (TPSA) is 77.3 Å². The van der Waals surface area contributed by atoms with E-state index in [1.165, 1.54) is 103 Å². The van der Waals surface area contributed by atoms with Crippen LogP contribution in [0.15, 0.2) is 413 Å². The maximum atomic E-state index is 5.22. The van der Waals surface area contributed by atoms with Crippen LogP contribution in [0, 0.1) is 0 Å². The molecule has 112 heavy (non-hydrogen) atoms. The lowest BCUT2D eigenvalue weighted by molar-refractivity contribution is 1.18. The van der Waals surface area contributed by atoms with Crippen molar-refractivity contribution >= 4 is 75.4 Å². The van der Waals surface area contributed by atoms with Gasteiger partial charge >= 0.3 is 0 Å². The van der Waals surface area contributed by atoms with Gasteiger partial charge in [0, 0.05) is 69.3 Å². The number of nitrogens with zero attached hydrogens (tertiary/aromatic N) is 6. The van der Waals surface area contributed by atoms with Crippen LogP contribution in [0.4, 0.5) is 0 Å². The molecule has 0 saturated heterocycles. The second kappa shape index (κ2) is 29.0. The Balaban J connectivity index is 0.000000146. The van der Waals surface area contributed by atoms with E-state index in [9.17, 15) is 0 Å². The third-order valence-electron chi connectivity index (χ3n) is 21.7. The molecule has 0 spiro atoms. The molecule has 0 atom stereocenters. The normalized spacial score (nSPS) is 11.4. The molecule has 21 rings (SSSR count). The van der Waals surface area contributed by atoms with Crippen molar-refractivity contribution in [2.75, 3.05) is 0 Å². The summed E-state index contributed by atoms with van der Waals surface area (Å²) in [5, 5.41) is 17.8. The van der Waals surface area contributed by atoms with E-state index in [2.05, 4.69) is 380 Å². The Morgan fingerprint density at radius 1 is 0.143 bits per heavy atom. The molecule has 0 aliphatic rings. The molecular weight excluding hydrogens is 1360 g/mol. The fourth-order valence-corrected chi connectivity index (χ4v) is 16.1. The van der Waals surface area contributed by atoms with Gasteiger partial charge in [-0.15, -0.1) is 0 Å². The van der Waals surface area contributed by atoms with E-state index in [1.54, 1.807) is 12.4 Å². The molecular formula is C106H68N6. The second-order valence-corrected chi connectivity index (χ2v) is 28.5. The van der Waals surface area contributed by atoms with E-state index in [0.717, 1.165) is 95.1 Å². The lowest BCUT2D eigenvalue weighted by atomic mass is 9.92. The Kier molecular flexibility index (Phi) is 17.2. The number of hydrogen-bond acceptors (Lipinski definition) is 6. The number of benzene rings is 17. The second-order valence-electron chi connectivity index (χ2n) is 28.5. The summed E-state index contributed by atoms with van der Waals surface area (Å²) < 4.78 is 0. The first-order chi connectivity index (χ1) is 55.5. The average molecular weight is 1430 g/mol. The van der Waals surface area contributed by atoms with E-state index in [4.69, 9.17) is 19.9 Å². The van der Waals surface area contributed by atoms with Crippen LogP contribution >= 0.6 is 0 Å². The minimum Gasteiger partial charge on any atom is -0.264 e. The van der Waals surface area contributed by atoms with Crippen LogP contribution in [0.2, 0.25) is 0 Å². The molecule has 0 saturated carbocycles. The summed E-state index contributed by atoms with van der Waals surface area (Å²) in [6.45, 7) is 0. The van der Waals surface area contributed by atoms with Gasteiger partial charge in [-0.05, 0) is 186 Å². The van der Waals surface area contributed by atoms with Gasteiger partial charge < -0.3 is 0 Å². The van der Waals surface area contributed by atoms with Gasteiger partial charge in [0.25, 0.3) is 0 Å². The molecule has 0 fully saturated rings. The lowest BCUT2D eigenvalue weighted by Crippen LogP contribution is -1.96. The average Bonchev–Trinajstić information content (AvgIpc) is 0.745. The molecule has 6 nitrogen and oxygen atoms in total. The Morgan fingerprint density at radius 2 is 0.420 bits per heavy atom. The van der Waals surface area contributed by atoms with Crippen LogP contribution in [-0.4, -0.2) is 29.9 Å². The predicted molar refractivity (Wildman–Crippen MR) is 467 cm³/mol. The van der Waals surface area contributed by atoms with Crippen LogP contribution in [0.5, 0.6) is 0 Å². The molecule has 4 aromatic heterocycles. The fraction of sp³-hybridized carbons (Fsp3) is 0. The third kappa shape index (κ3) is 12.8. The zero-order valence-electron chi connectivity index (χ0n) is 60.9.